The Balaban J connectivity index is 1.95. The third-order valence-corrected chi connectivity index (χ3v) is 4.41. The third-order valence-electron chi connectivity index (χ3n) is 4.41. The zero-order chi connectivity index (χ0) is 21.5. The van der Waals surface area contributed by atoms with Crippen LogP contribution in [-0.4, -0.2) is 26.8 Å². The molecule has 0 heterocycles. The van der Waals surface area contributed by atoms with Crippen molar-refractivity contribution in [3.63, 3.8) is 0 Å². The van der Waals surface area contributed by atoms with Crippen molar-refractivity contribution in [3.8, 4) is 34.5 Å². The van der Waals surface area contributed by atoms with E-state index in [1.807, 2.05) is 6.92 Å². The highest BCUT2D eigenvalue weighted by Gasteiger charge is 2.18. The zero-order valence-electron chi connectivity index (χ0n) is 17.4. The van der Waals surface area contributed by atoms with Gasteiger partial charge in [0, 0.05) is 11.6 Å². The number of hydrogen-bond donors (Lipinski definition) is 0. The summed E-state index contributed by atoms with van der Waals surface area (Å²) in [4.78, 5) is 12.5. The minimum atomic E-state index is -0.435. The number of rotatable bonds is 8. The van der Waals surface area contributed by atoms with E-state index in [4.69, 9.17) is 23.7 Å². The molecular weight excluding hydrogens is 384 g/mol. The van der Waals surface area contributed by atoms with E-state index in [0.717, 1.165) is 11.5 Å². The number of carbonyl (C=O) groups excluding carboxylic acids is 1. The van der Waals surface area contributed by atoms with Gasteiger partial charge in [-0.05, 0) is 68.4 Å². The van der Waals surface area contributed by atoms with Gasteiger partial charge >= 0.3 is 5.97 Å². The Bertz CT molecular complexity index is 993. The van der Waals surface area contributed by atoms with Crippen molar-refractivity contribution in [2.45, 2.75) is 13.8 Å². The SMILES string of the molecule is CCOC(=O)c1cc(Oc2ccc(OC)cc2)cc(Oc2ccc(OC)cc2)c1C. The van der Waals surface area contributed by atoms with Crippen LogP contribution in [0.5, 0.6) is 34.5 Å². The van der Waals surface area contributed by atoms with Crippen LogP contribution in [0.3, 0.4) is 0 Å². The quantitative estimate of drug-likeness (QED) is 0.441. The largest absolute Gasteiger partial charge is 0.497 e. The summed E-state index contributed by atoms with van der Waals surface area (Å²) in [7, 11) is 3.20. The fourth-order valence-electron chi connectivity index (χ4n) is 2.80. The molecule has 0 N–H and O–H groups in total. The molecule has 0 amide bonds. The molecule has 0 radical (unpaired) electrons. The fourth-order valence-corrected chi connectivity index (χ4v) is 2.80. The summed E-state index contributed by atoms with van der Waals surface area (Å²) in [6, 6.07) is 17.7. The lowest BCUT2D eigenvalue weighted by atomic mass is 10.1. The normalized spacial score (nSPS) is 10.3. The van der Waals surface area contributed by atoms with Crippen molar-refractivity contribution in [2.24, 2.45) is 0 Å². The van der Waals surface area contributed by atoms with Crippen molar-refractivity contribution < 1.29 is 28.5 Å². The summed E-state index contributed by atoms with van der Waals surface area (Å²) in [6.07, 6.45) is 0. The number of methoxy groups -OCH3 is 2. The molecule has 0 aliphatic heterocycles. The van der Waals surface area contributed by atoms with Crippen LogP contribution >= 0.6 is 0 Å². The van der Waals surface area contributed by atoms with E-state index in [1.54, 1.807) is 81.8 Å². The van der Waals surface area contributed by atoms with Crippen molar-refractivity contribution in [1.82, 2.24) is 0 Å². The van der Waals surface area contributed by atoms with E-state index < -0.39 is 5.97 Å². The predicted molar refractivity (Wildman–Crippen MR) is 113 cm³/mol. The predicted octanol–water partition coefficient (Wildman–Crippen LogP) is 5.77. The van der Waals surface area contributed by atoms with Gasteiger partial charge in [-0.15, -0.1) is 0 Å². The molecule has 0 aliphatic carbocycles. The number of esters is 1. The first-order valence-corrected chi connectivity index (χ1v) is 9.49. The average Bonchev–Trinajstić information content (AvgIpc) is 2.77. The Hall–Kier alpha value is -3.67. The second-order valence-electron chi connectivity index (χ2n) is 6.37. The minimum absolute atomic E-state index is 0.274. The molecule has 3 rings (SSSR count). The number of benzene rings is 3. The zero-order valence-corrected chi connectivity index (χ0v) is 17.4. The molecule has 0 saturated carbocycles. The van der Waals surface area contributed by atoms with Gasteiger partial charge in [0.2, 0.25) is 0 Å². The molecule has 0 spiro atoms. The lowest BCUT2D eigenvalue weighted by molar-refractivity contribution is 0.0524. The summed E-state index contributed by atoms with van der Waals surface area (Å²) < 4.78 is 27.5. The molecule has 0 aromatic heterocycles. The first kappa shape index (κ1) is 21.0. The van der Waals surface area contributed by atoms with Gasteiger partial charge < -0.3 is 23.7 Å². The molecule has 6 heteroatoms. The number of hydrogen-bond acceptors (Lipinski definition) is 6. The molecule has 3 aromatic carbocycles. The summed E-state index contributed by atoms with van der Waals surface area (Å²) in [6.45, 7) is 3.85. The van der Waals surface area contributed by atoms with Gasteiger partial charge in [0.05, 0.1) is 26.4 Å². The maximum atomic E-state index is 12.5. The summed E-state index contributed by atoms with van der Waals surface area (Å²) in [5.74, 6) is 3.17. The molecule has 0 atom stereocenters. The van der Waals surface area contributed by atoms with E-state index >= 15 is 0 Å². The molecule has 6 nitrogen and oxygen atoms in total. The van der Waals surface area contributed by atoms with Crippen LogP contribution in [0.25, 0.3) is 0 Å². The Morgan fingerprint density at radius 1 is 0.733 bits per heavy atom. The van der Waals surface area contributed by atoms with Gasteiger partial charge in [0.15, 0.2) is 0 Å². The van der Waals surface area contributed by atoms with E-state index in [0.29, 0.717) is 34.1 Å². The van der Waals surface area contributed by atoms with E-state index in [-0.39, 0.29) is 6.61 Å². The first-order chi connectivity index (χ1) is 14.5. The van der Waals surface area contributed by atoms with Crippen molar-refractivity contribution in [2.75, 3.05) is 20.8 Å². The monoisotopic (exact) mass is 408 g/mol. The Morgan fingerprint density at radius 3 is 1.73 bits per heavy atom. The van der Waals surface area contributed by atoms with E-state index in [9.17, 15) is 4.79 Å². The van der Waals surface area contributed by atoms with Crippen LogP contribution in [0.2, 0.25) is 0 Å². The van der Waals surface area contributed by atoms with Gasteiger partial charge in [-0.25, -0.2) is 4.79 Å². The molecule has 0 saturated heterocycles. The maximum absolute atomic E-state index is 12.5. The van der Waals surface area contributed by atoms with Crippen LogP contribution in [0.15, 0.2) is 60.7 Å². The lowest BCUT2D eigenvalue weighted by Crippen LogP contribution is -2.08. The highest BCUT2D eigenvalue weighted by Crippen LogP contribution is 2.35. The summed E-state index contributed by atoms with van der Waals surface area (Å²) in [5, 5.41) is 0. The average molecular weight is 408 g/mol. The Labute approximate surface area is 175 Å². The van der Waals surface area contributed by atoms with Gasteiger partial charge in [0.25, 0.3) is 0 Å². The van der Waals surface area contributed by atoms with Gasteiger partial charge in [-0.1, -0.05) is 0 Å². The molecular formula is C24H24O6. The van der Waals surface area contributed by atoms with Gasteiger partial charge in [0.1, 0.15) is 34.5 Å². The summed E-state index contributed by atoms with van der Waals surface area (Å²) in [5.41, 5.74) is 1.04. The van der Waals surface area contributed by atoms with Crippen LogP contribution < -0.4 is 18.9 Å². The van der Waals surface area contributed by atoms with Crippen LogP contribution in [-0.2, 0) is 4.74 Å². The molecule has 156 valence electrons. The van der Waals surface area contributed by atoms with E-state index in [1.165, 1.54) is 0 Å². The molecule has 0 unspecified atom stereocenters. The minimum Gasteiger partial charge on any atom is -0.497 e. The second-order valence-corrected chi connectivity index (χ2v) is 6.37. The lowest BCUT2D eigenvalue weighted by Gasteiger charge is -2.15. The number of ether oxygens (including phenoxy) is 5. The number of carbonyl (C=O) groups is 1. The standard InChI is InChI=1S/C24H24O6/c1-5-28-24(25)22-14-21(29-19-10-6-17(26-3)7-11-19)15-23(16(22)2)30-20-12-8-18(27-4)9-13-20/h6-15H,5H2,1-4H3. The molecule has 30 heavy (non-hydrogen) atoms. The highest BCUT2D eigenvalue weighted by molar-refractivity contribution is 5.92. The van der Waals surface area contributed by atoms with Crippen molar-refractivity contribution in [3.05, 3.63) is 71.8 Å². The van der Waals surface area contributed by atoms with Gasteiger partial charge in [-0.3, -0.25) is 0 Å². The van der Waals surface area contributed by atoms with Crippen molar-refractivity contribution >= 4 is 5.97 Å². The Morgan fingerprint density at radius 2 is 1.23 bits per heavy atom. The summed E-state index contributed by atoms with van der Waals surface area (Å²) >= 11 is 0. The van der Waals surface area contributed by atoms with Gasteiger partial charge in [-0.2, -0.15) is 0 Å². The second kappa shape index (κ2) is 9.69. The van der Waals surface area contributed by atoms with E-state index in [2.05, 4.69) is 0 Å². The highest BCUT2D eigenvalue weighted by atomic mass is 16.5. The fraction of sp³-hybridized carbons (Fsp3) is 0.208. The first-order valence-electron chi connectivity index (χ1n) is 9.49. The third kappa shape index (κ3) is 5.03. The Kier molecular flexibility index (Phi) is 6.80. The smallest absolute Gasteiger partial charge is 0.338 e. The van der Waals surface area contributed by atoms with Crippen LogP contribution in [0.1, 0.15) is 22.8 Å². The topological polar surface area (TPSA) is 63.2 Å². The molecule has 0 fully saturated rings. The maximum Gasteiger partial charge on any atom is 0.338 e. The molecule has 0 aliphatic rings. The molecule has 3 aromatic rings. The van der Waals surface area contributed by atoms with Crippen molar-refractivity contribution in [1.29, 1.82) is 0 Å². The van der Waals surface area contributed by atoms with Crippen LogP contribution in [0, 0.1) is 6.92 Å². The van der Waals surface area contributed by atoms with Crippen LogP contribution in [0.4, 0.5) is 0 Å². The molecule has 0 bridgehead atoms.